The van der Waals surface area contributed by atoms with Gasteiger partial charge in [0.25, 0.3) is 5.69 Å². The maximum atomic E-state index is 10.7. The van der Waals surface area contributed by atoms with Crippen LogP contribution in [0.5, 0.6) is 0 Å². The van der Waals surface area contributed by atoms with Crippen molar-refractivity contribution >= 4 is 11.4 Å². The van der Waals surface area contributed by atoms with E-state index in [1.807, 2.05) is 12.1 Å². The topological polar surface area (TPSA) is 49.6 Å². The van der Waals surface area contributed by atoms with E-state index in [1.54, 1.807) is 12.1 Å². The Morgan fingerprint density at radius 2 is 2.10 bits per heavy atom. The minimum atomic E-state index is -0.351. The second kappa shape index (κ2) is 6.70. The van der Waals surface area contributed by atoms with Crippen LogP contribution in [0.25, 0.3) is 0 Å². The van der Waals surface area contributed by atoms with Gasteiger partial charge in [-0.25, -0.2) is 0 Å². The highest BCUT2D eigenvalue weighted by atomic mass is 16.6. The smallest absolute Gasteiger partial charge is 0.269 e. The summed E-state index contributed by atoms with van der Waals surface area (Å²) in [4.78, 5) is 15.0. The molecule has 0 N–H and O–H groups in total. The maximum Gasteiger partial charge on any atom is 0.269 e. The van der Waals surface area contributed by atoms with Gasteiger partial charge < -0.3 is 9.80 Å². The Kier molecular flexibility index (Phi) is 4.95. The molecule has 0 aliphatic carbocycles. The number of nitro groups is 1. The van der Waals surface area contributed by atoms with Crippen molar-refractivity contribution in [3.05, 3.63) is 34.4 Å². The molecule has 0 radical (unpaired) electrons. The Balaban J connectivity index is 1.90. The minimum Gasteiger partial charge on any atom is -0.371 e. The van der Waals surface area contributed by atoms with Crippen LogP contribution in [0.1, 0.15) is 19.8 Å². The molecule has 1 aromatic carbocycles. The largest absolute Gasteiger partial charge is 0.371 e. The van der Waals surface area contributed by atoms with Crippen LogP contribution in [0, 0.1) is 16.0 Å². The first-order valence-corrected chi connectivity index (χ1v) is 7.28. The molecule has 1 aliphatic heterocycles. The monoisotopic (exact) mass is 277 g/mol. The lowest BCUT2D eigenvalue weighted by Gasteiger charge is -2.22. The molecule has 0 spiro atoms. The second-order valence-electron chi connectivity index (χ2n) is 5.64. The van der Waals surface area contributed by atoms with Crippen LogP contribution in [-0.2, 0) is 0 Å². The lowest BCUT2D eigenvalue weighted by Crippen LogP contribution is -2.28. The van der Waals surface area contributed by atoms with E-state index in [9.17, 15) is 10.1 Å². The van der Waals surface area contributed by atoms with Crippen molar-refractivity contribution in [2.75, 3.05) is 38.1 Å². The summed E-state index contributed by atoms with van der Waals surface area (Å²) in [5, 5.41) is 10.7. The van der Waals surface area contributed by atoms with Gasteiger partial charge in [-0.3, -0.25) is 10.1 Å². The van der Waals surface area contributed by atoms with Gasteiger partial charge in [0.15, 0.2) is 0 Å². The molecular weight excluding hydrogens is 254 g/mol. The molecule has 1 aromatic rings. The molecule has 0 amide bonds. The first kappa shape index (κ1) is 14.8. The first-order valence-electron chi connectivity index (χ1n) is 7.28. The van der Waals surface area contributed by atoms with E-state index < -0.39 is 0 Å². The van der Waals surface area contributed by atoms with Gasteiger partial charge in [-0.05, 0) is 44.5 Å². The molecule has 0 saturated carbocycles. The van der Waals surface area contributed by atoms with Crippen molar-refractivity contribution in [1.82, 2.24) is 4.90 Å². The summed E-state index contributed by atoms with van der Waals surface area (Å²) >= 11 is 0. The Morgan fingerprint density at radius 3 is 2.70 bits per heavy atom. The van der Waals surface area contributed by atoms with Crippen LogP contribution >= 0.6 is 0 Å². The van der Waals surface area contributed by atoms with Crippen molar-refractivity contribution in [3.63, 3.8) is 0 Å². The van der Waals surface area contributed by atoms with E-state index in [4.69, 9.17) is 0 Å². The molecule has 0 bridgehead atoms. The Bertz CT molecular complexity index is 447. The summed E-state index contributed by atoms with van der Waals surface area (Å²) in [5.74, 6) is 0.696. The van der Waals surface area contributed by atoms with Crippen LogP contribution in [0.4, 0.5) is 11.4 Å². The van der Waals surface area contributed by atoms with E-state index in [0.29, 0.717) is 5.92 Å². The molecule has 110 valence electrons. The fourth-order valence-electron chi connectivity index (χ4n) is 2.92. The highest BCUT2D eigenvalue weighted by molar-refractivity contribution is 5.51. The van der Waals surface area contributed by atoms with E-state index in [-0.39, 0.29) is 10.6 Å². The summed E-state index contributed by atoms with van der Waals surface area (Å²) in [6, 6.07) is 6.89. The standard InChI is InChI=1S/C15H23N3O2/c1-3-9-16(2)11-13-8-10-17(12-13)14-4-6-15(7-5-14)18(19)20/h4-7,13H,3,8-12H2,1-2H3/t13-/m0/s1. The number of non-ortho nitro benzene ring substituents is 1. The fourth-order valence-corrected chi connectivity index (χ4v) is 2.92. The second-order valence-corrected chi connectivity index (χ2v) is 5.64. The third-order valence-corrected chi connectivity index (χ3v) is 3.89. The molecule has 2 rings (SSSR count). The van der Waals surface area contributed by atoms with E-state index >= 15 is 0 Å². The lowest BCUT2D eigenvalue weighted by atomic mass is 10.1. The van der Waals surface area contributed by atoms with Crippen molar-refractivity contribution in [2.24, 2.45) is 5.92 Å². The average molecular weight is 277 g/mol. The lowest BCUT2D eigenvalue weighted by molar-refractivity contribution is -0.384. The number of nitro benzene ring substituents is 1. The summed E-state index contributed by atoms with van der Waals surface area (Å²) in [7, 11) is 2.18. The van der Waals surface area contributed by atoms with E-state index in [1.165, 1.54) is 12.8 Å². The molecule has 1 saturated heterocycles. The molecule has 20 heavy (non-hydrogen) atoms. The van der Waals surface area contributed by atoms with Gasteiger partial charge in [0.1, 0.15) is 0 Å². The van der Waals surface area contributed by atoms with Crippen molar-refractivity contribution in [2.45, 2.75) is 19.8 Å². The fraction of sp³-hybridized carbons (Fsp3) is 0.600. The molecule has 1 aliphatic rings. The summed E-state index contributed by atoms with van der Waals surface area (Å²) in [6.07, 6.45) is 2.39. The number of rotatable bonds is 6. The molecule has 1 fully saturated rings. The van der Waals surface area contributed by atoms with Crippen molar-refractivity contribution in [3.8, 4) is 0 Å². The molecule has 1 heterocycles. The summed E-state index contributed by atoms with van der Waals surface area (Å²) in [6.45, 7) is 6.58. The summed E-state index contributed by atoms with van der Waals surface area (Å²) in [5.41, 5.74) is 1.25. The van der Waals surface area contributed by atoms with Crippen molar-refractivity contribution in [1.29, 1.82) is 0 Å². The number of nitrogens with zero attached hydrogens (tertiary/aromatic N) is 3. The van der Waals surface area contributed by atoms with Gasteiger partial charge in [-0.2, -0.15) is 0 Å². The zero-order valence-electron chi connectivity index (χ0n) is 12.3. The highest BCUT2D eigenvalue weighted by Crippen LogP contribution is 2.26. The van der Waals surface area contributed by atoms with Crippen molar-refractivity contribution < 1.29 is 4.92 Å². The van der Waals surface area contributed by atoms with E-state index in [0.717, 1.165) is 31.9 Å². The third kappa shape index (κ3) is 3.70. The Hall–Kier alpha value is -1.62. The normalized spacial score (nSPS) is 18.8. The zero-order chi connectivity index (χ0) is 14.5. The van der Waals surface area contributed by atoms with Crippen LogP contribution < -0.4 is 4.90 Å². The molecule has 5 nitrogen and oxygen atoms in total. The predicted octanol–water partition coefficient (Wildman–Crippen LogP) is 2.76. The molecule has 1 atom stereocenters. The van der Waals surface area contributed by atoms with Gasteiger partial charge in [-0.15, -0.1) is 0 Å². The maximum absolute atomic E-state index is 10.7. The van der Waals surface area contributed by atoms with Crippen LogP contribution in [-0.4, -0.2) is 43.0 Å². The van der Waals surface area contributed by atoms with Crippen LogP contribution in [0.2, 0.25) is 0 Å². The molecule has 0 unspecified atom stereocenters. The van der Waals surface area contributed by atoms with E-state index in [2.05, 4.69) is 23.8 Å². The average Bonchev–Trinajstić information content (AvgIpc) is 2.87. The first-order chi connectivity index (χ1) is 9.60. The predicted molar refractivity (Wildman–Crippen MR) is 81.2 cm³/mol. The molecular formula is C15H23N3O2. The molecule has 0 aromatic heterocycles. The quantitative estimate of drug-likeness (QED) is 0.592. The Morgan fingerprint density at radius 1 is 1.40 bits per heavy atom. The van der Waals surface area contributed by atoms with Gasteiger partial charge in [0.2, 0.25) is 0 Å². The van der Waals surface area contributed by atoms with Gasteiger partial charge in [0, 0.05) is 37.5 Å². The third-order valence-electron chi connectivity index (χ3n) is 3.89. The van der Waals surface area contributed by atoms with Gasteiger partial charge >= 0.3 is 0 Å². The van der Waals surface area contributed by atoms with Gasteiger partial charge in [-0.1, -0.05) is 6.92 Å². The molecule has 5 heteroatoms. The number of hydrogen-bond acceptors (Lipinski definition) is 4. The van der Waals surface area contributed by atoms with Crippen LogP contribution in [0.3, 0.4) is 0 Å². The SMILES string of the molecule is CCCN(C)C[C@@H]1CCN(c2ccc([N+](=O)[O-])cc2)C1. The number of benzene rings is 1. The van der Waals surface area contributed by atoms with Crippen LogP contribution in [0.15, 0.2) is 24.3 Å². The highest BCUT2D eigenvalue weighted by Gasteiger charge is 2.23. The Labute approximate surface area is 120 Å². The number of anilines is 1. The zero-order valence-corrected chi connectivity index (χ0v) is 12.3. The van der Waals surface area contributed by atoms with Gasteiger partial charge in [0.05, 0.1) is 4.92 Å². The summed E-state index contributed by atoms with van der Waals surface area (Å²) < 4.78 is 0. The number of hydrogen-bond donors (Lipinski definition) is 0. The minimum absolute atomic E-state index is 0.159.